The number of carbonyl (C=O) groups is 1. The fourth-order valence-corrected chi connectivity index (χ4v) is 3.74. The van der Waals surface area contributed by atoms with E-state index >= 15 is 0 Å². The Morgan fingerprint density at radius 3 is 2.53 bits per heavy atom. The van der Waals surface area contributed by atoms with Gasteiger partial charge in [0.25, 0.3) is 11.8 Å². The van der Waals surface area contributed by atoms with Crippen molar-refractivity contribution in [3.63, 3.8) is 0 Å². The Labute approximate surface area is 181 Å². The highest BCUT2D eigenvalue weighted by Gasteiger charge is 2.35. The lowest BCUT2D eigenvalue weighted by molar-refractivity contribution is 0.0940. The van der Waals surface area contributed by atoms with Gasteiger partial charge in [-0.2, -0.15) is 8.78 Å². The number of halogens is 2. The van der Waals surface area contributed by atoms with Crippen LogP contribution in [0, 0.1) is 0 Å². The van der Waals surface area contributed by atoms with Crippen molar-refractivity contribution in [2.24, 2.45) is 0 Å². The number of nitrogens with one attached hydrogen (secondary N) is 1. The molecule has 0 saturated carbocycles. The van der Waals surface area contributed by atoms with Crippen LogP contribution in [0.3, 0.4) is 0 Å². The molecule has 0 atom stereocenters. The highest BCUT2D eigenvalue weighted by molar-refractivity contribution is 6.00. The molecule has 4 aromatic rings. The second-order valence-electron chi connectivity index (χ2n) is 8.08. The first-order valence-corrected chi connectivity index (χ1v) is 9.88. The van der Waals surface area contributed by atoms with Crippen LogP contribution in [0.5, 0.6) is 0 Å². The molecule has 0 saturated heterocycles. The monoisotopic (exact) mass is 436 g/mol. The van der Waals surface area contributed by atoms with Crippen LogP contribution >= 0.6 is 0 Å². The first kappa shape index (κ1) is 20.0. The summed E-state index contributed by atoms with van der Waals surface area (Å²) in [4.78, 5) is 12.3. The lowest BCUT2D eigenvalue weighted by Gasteiger charge is -2.18. The van der Waals surface area contributed by atoms with E-state index < -0.39 is 17.9 Å². The molecule has 1 amide bonds. The van der Waals surface area contributed by atoms with Gasteiger partial charge < -0.3 is 9.73 Å². The van der Waals surface area contributed by atoms with Crippen molar-refractivity contribution in [3.05, 3.63) is 71.2 Å². The molecule has 32 heavy (non-hydrogen) atoms. The molecule has 2 aromatic heterocycles. The highest BCUT2D eigenvalue weighted by Crippen LogP contribution is 2.33. The normalized spacial score (nSPS) is 14.6. The second-order valence-corrected chi connectivity index (χ2v) is 8.08. The van der Waals surface area contributed by atoms with Gasteiger partial charge in [-0.3, -0.25) is 4.79 Å². The van der Waals surface area contributed by atoms with E-state index in [1.807, 2.05) is 44.2 Å². The summed E-state index contributed by atoms with van der Waals surface area (Å²) < 4.78 is 31.9. The zero-order valence-electron chi connectivity index (χ0n) is 17.2. The molecule has 0 unspecified atom stereocenters. The van der Waals surface area contributed by atoms with Gasteiger partial charge in [-0.1, -0.05) is 29.5 Å². The predicted octanol–water partition coefficient (Wildman–Crippen LogP) is 3.96. The lowest BCUT2D eigenvalue weighted by atomic mass is 9.93. The number of nitrogens with zero attached hydrogens (tertiary/aromatic N) is 5. The van der Waals surface area contributed by atoms with Gasteiger partial charge in [0.1, 0.15) is 5.69 Å². The van der Waals surface area contributed by atoms with Gasteiger partial charge >= 0.3 is 6.43 Å². The molecule has 1 aliphatic heterocycles. The fourth-order valence-electron chi connectivity index (χ4n) is 3.74. The summed E-state index contributed by atoms with van der Waals surface area (Å²) in [7, 11) is 0. The average molecular weight is 436 g/mol. The molecule has 162 valence electrons. The van der Waals surface area contributed by atoms with E-state index in [0.717, 1.165) is 16.7 Å². The van der Waals surface area contributed by atoms with Crippen LogP contribution < -0.4 is 5.32 Å². The molecule has 1 N–H and O–H groups in total. The molecule has 5 rings (SSSR count). The van der Waals surface area contributed by atoms with Crippen LogP contribution in [-0.4, -0.2) is 31.1 Å². The molecule has 0 spiro atoms. The van der Waals surface area contributed by atoms with Crippen LogP contribution in [0.25, 0.3) is 22.7 Å². The standard InChI is InChI=1S/C22H18F2N6O2/c1-22(2)16-8-7-14(9-15(16)19(31)25-22)17-11-30(29-26-17)10-12-3-5-13(6-4-12)20-27-28-21(32-20)18(23)24/h3-9,11,18H,10H2,1-2H3,(H,25,31). The Kier molecular flexibility index (Phi) is 4.58. The molecule has 0 aliphatic carbocycles. The van der Waals surface area contributed by atoms with Gasteiger partial charge in [-0.05, 0) is 43.2 Å². The molecule has 3 heterocycles. The van der Waals surface area contributed by atoms with Crippen LogP contribution in [0.15, 0.2) is 53.1 Å². The van der Waals surface area contributed by atoms with Crippen molar-refractivity contribution in [1.82, 2.24) is 30.5 Å². The smallest absolute Gasteiger partial charge is 0.314 e. The fraction of sp³-hybridized carbons (Fsp3) is 0.227. The van der Waals surface area contributed by atoms with Gasteiger partial charge in [-0.25, -0.2) is 4.68 Å². The van der Waals surface area contributed by atoms with Gasteiger partial charge in [0.15, 0.2) is 0 Å². The third-order valence-electron chi connectivity index (χ3n) is 5.37. The lowest BCUT2D eigenvalue weighted by Crippen LogP contribution is -2.32. The Morgan fingerprint density at radius 1 is 1.06 bits per heavy atom. The third-order valence-corrected chi connectivity index (χ3v) is 5.37. The van der Waals surface area contributed by atoms with E-state index in [-0.39, 0.29) is 11.8 Å². The third kappa shape index (κ3) is 3.53. The summed E-state index contributed by atoms with van der Waals surface area (Å²) in [5.41, 5.74) is 4.16. The maximum absolute atomic E-state index is 12.6. The molecular formula is C22H18F2N6O2. The molecule has 0 radical (unpaired) electrons. The number of hydrogen-bond donors (Lipinski definition) is 1. The van der Waals surface area contributed by atoms with Crippen LogP contribution in [0.1, 0.15) is 47.6 Å². The summed E-state index contributed by atoms with van der Waals surface area (Å²) in [5, 5.41) is 18.3. The first-order chi connectivity index (χ1) is 15.3. The number of rotatable bonds is 5. The maximum atomic E-state index is 12.6. The summed E-state index contributed by atoms with van der Waals surface area (Å²) in [5.74, 6) is -0.758. The van der Waals surface area contributed by atoms with E-state index in [4.69, 9.17) is 4.42 Å². The highest BCUT2D eigenvalue weighted by atomic mass is 19.3. The topological polar surface area (TPSA) is 98.7 Å². The van der Waals surface area contributed by atoms with E-state index in [1.165, 1.54) is 0 Å². The van der Waals surface area contributed by atoms with Crippen molar-refractivity contribution in [2.45, 2.75) is 32.4 Å². The van der Waals surface area contributed by atoms with E-state index in [9.17, 15) is 13.6 Å². The average Bonchev–Trinajstić information content (AvgIpc) is 3.48. The van der Waals surface area contributed by atoms with Crippen LogP contribution in [0.2, 0.25) is 0 Å². The maximum Gasteiger partial charge on any atom is 0.314 e. The van der Waals surface area contributed by atoms with Gasteiger partial charge in [0.2, 0.25) is 5.89 Å². The number of fused-ring (bicyclic) bond motifs is 1. The molecule has 1 aliphatic rings. The predicted molar refractivity (Wildman–Crippen MR) is 110 cm³/mol. The van der Waals surface area contributed by atoms with Crippen LogP contribution in [-0.2, 0) is 12.1 Å². The largest absolute Gasteiger partial charge is 0.415 e. The van der Waals surface area contributed by atoms with Crippen molar-refractivity contribution < 1.29 is 18.0 Å². The Bertz CT molecular complexity index is 1310. The number of hydrogen-bond acceptors (Lipinski definition) is 6. The van der Waals surface area contributed by atoms with Gasteiger partial charge in [0.05, 0.1) is 18.3 Å². The van der Waals surface area contributed by atoms with Crippen molar-refractivity contribution >= 4 is 5.91 Å². The Hall–Kier alpha value is -3.95. The van der Waals surface area contributed by atoms with Crippen molar-refractivity contribution in [1.29, 1.82) is 0 Å². The second kappa shape index (κ2) is 7.33. The Morgan fingerprint density at radius 2 is 1.81 bits per heavy atom. The molecule has 0 bridgehead atoms. The molecule has 0 fully saturated rings. The molecule has 10 heteroatoms. The van der Waals surface area contributed by atoms with E-state index in [1.54, 1.807) is 23.0 Å². The minimum absolute atomic E-state index is 0.0405. The number of alkyl halides is 2. The molecule has 2 aromatic carbocycles. The summed E-state index contributed by atoms with van der Waals surface area (Å²) in [6, 6.07) is 12.8. The van der Waals surface area contributed by atoms with Gasteiger partial charge in [0, 0.05) is 16.7 Å². The van der Waals surface area contributed by atoms with E-state index in [2.05, 4.69) is 25.8 Å². The quantitative estimate of drug-likeness (QED) is 0.509. The SMILES string of the molecule is CC1(C)NC(=O)c2cc(-c3cn(Cc4ccc(-c5nnc(C(F)F)o5)cc4)nn3)ccc21. The summed E-state index contributed by atoms with van der Waals surface area (Å²) in [6.07, 6.45) is -0.996. The first-order valence-electron chi connectivity index (χ1n) is 9.88. The van der Waals surface area contributed by atoms with Crippen molar-refractivity contribution in [2.75, 3.05) is 0 Å². The van der Waals surface area contributed by atoms with Crippen LogP contribution in [0.4, 0.5) is 8.78 Å². The number of amides is 1. The minimum Gasteiger partial charge on any atom is -0.415 e. The summed E-state index contributed by atoms with van der Waals surface area (Å²) >= 11 is 0. The zero-order valence-corrected chi connectivity index (χ0v) is 17.2. The minimum atomic E-state index is -2.80. The molecule has 8 nitrogen and oxygen atoms in total. The Balaban J connectivity index is 1.33. The zero-order chi connectivity index (χ0) is 22.5. The summed E-state index contributed by atoms with van der Waals surface area (Å²) in [6.45, 7) is 4.39. The number of aromatic nitrogens is 5. The molecular weight excluding hydrogens is 418 g/mol. The number of carbonyl (C=O) groups excluding carboxylic acids is 1. The van der Waals surface area contributed by atoms with E-state index in [0.29, 0.717) is 23.4 Å². The number of benzene rings is 2. The van der Waals surface area contributed by atoms with Gasteiger partial charge in [-0.15, -0.1) is 15.3 Å². The van der Waals surface area contributed by atoms with Crippen molar-refractivity contribution in [3.8, 4) is 22.7 Å².